The number of nitrogens with zero attached hydrogens (tertiary/aromatic N) is 2. The molecule has 106 valence electrons. The molecule has 18 heavy (non-hydrogen) atoms. The zero-order valence-electron chi connectivity index (χ0n) is 11.6. The number of rotatable bonds is 0. The number of nitriles is 1. The van der Waals surface area contributed by atoms with Crippen LogP contribution in [-0.4, -0.2) is 64.5 Å². The standard InChI is InChI=1S/C4H8N2Se.C4H9NSi.C3H7N.H2Se/c5-4-6-2-1-3-7-4;1-6(2,3)4-5;1-2-4-3-1;/h1-3H2,(H2,5,6);1-3H3;4H,1-3H2;1H2. The molecule has 0 aromatic rings. The second-order valence-corrected chi connectivity index (χ2v) is 12.0. The molecule has 0 amide bonds. The fourth-order valence-electron chi connectivity index (χ4n) is 0.653. The Kier molecular flexibility index (Phi) is 13.9. The Labute approximate surface area is 129 Å². The second-order valence-electron chi connectivity index (χ2n) is 4.89. The molecule has 0 aromatic carbocycles. The Hall–Kier alpha value is 0.176. The van der Waals surface area contributed by atoms with E-state index in [2.05, 4.69) is 16.0 Å². The van der Waals surface area contributed by atoms with Crippen LogP contribution in [0.4, 0.5) is 0 Å². The van der Waals surface area contributed by atoms with Gasteiger partial charge in [-0.3, -0.25) is 0 Å². The molecule has 7 heteroatoms. The average molecular weight is 400 g/mol. The summed E-state index contributed by atoms with van der Waals surface area (Å²) >= 11 is 0.540. The molecule has 3 N–H and O–H groups in total. The van der Waals surface area contributed by atoms with Gasteiger partial charge in [0.05, 0.1) is 0 Å². The van der Waals surface area contributed by atoms with Gasteiger partial charge in [0.2, 0.25) is 0 Å². The van der Waals surface area contributed by atoms with E-state index in [-0.39, 0.29) is 17.1 Å². The Balaban J connectivity index is 0. The van der Waals surface area contributed by atoms with Crippen molar-refractivity contribution in [3.8, 4) is 5.69 Å². The van der Waals surface area contributed by atoms with Gasteiger partial charge in [-0.1, -0.05) is 19.6 Å². The summed E-state index contributed by atoms with van der Waals surface area (Å²) in [6, 6.07) is 0. The van der Waals surface area contributed by atoms with Crippen LogP contribution in [0.5, 0.6) is 0 Å². The first-order chi connectivity index (χ1) is 7.95. The van der Waals surface area contributed by atoms with Gasteiger partial charge in [-0.05, 0) is 19.5 Å². The molecule has 1 fully saturated rings. The number of nitrogens with two attached hydrogens (primary N) is 1. The van der Waals surface area contributed by atoms with Gasteiger partial charge >= 0.3 is 65.8 Å². The number of hydrogen-bond donors (Lipinski definition) is 2. The Morgan fingerprint density at radius 1 is 1.33 bits per heavy atom. The first kappa shape index (κ1) is 20.5. The normalized spacial score (nSPS) is 17.1. The fraction of sp³-hybridized carbons (Fsp3) is 0.818. The Bertz CT molecular complexity index is 263. The molecule has 0 atom stereocenters. The van der Waals surface area contributed by atoms with Crippen molar-refractivity contribution in [3.05, 3.63) is 0 Å². The molecule has 0 aromatic heterocycles. The predicted molar refractivity (Wildman–Crippen MR) is 86.7 cm³/mol. The third-order valence-corrected chi connectivity index (χ3v) is 4.46. The van der Waals surface area contributed by atoms with E-state index in [0.717, 1.165) is 11.3 Å². The van der Waals surface area contributed by atoms with Crippen LogP contribution in [0, 0.1) is 11.0 Å². The van der Waals surface area contributed by atoms with Gasteiger partial charge in [0, 0.05) is 5.69 Å². The summed E-state index contributed by atoms with van der Waals surface area (Å²) < 4.78 is 0.902. The summed E-state index contributed by atoms with van der Waals surface area (Å²) in [6.07, 6.45) is 2.64. The summed E-state index contributed by atoms with van der Waals surface area (Å²) in [6.45, 7) is 9.53. The molecular weight excluding hydrogens is 374 g/mol. The van der Waals surface area contributed by atoms with Gasteiger partial charge in [-0.2, -0.15) is 0 Å². The number of nitrogens with one attached hydrogen (secondary N) is 1. The quantitative estimate of drug-likeness (QED) is 0.574. The zero-order chi connectivity index (χ0) is 13.1. The van der Waals surface area contributed by atoms with Crippen molar-refractivity contribution in [1.82, 2.24) is 5.32 Å². The summed E-state index contributed by atoms with van der Waals surface area (Å²) in [5.74, 6) is 0. The Morgan fingerprint density at radius 3 is 1.89 bits per heavy atom. The van der Waals surface area contributed by atoms with Gasteiger partial charge in [-0.25, -0.2) is 5.26 Å². The van der Waals surface area contributed by atoms with Crippen LogP contribution < -0.4 is 11.1 Å². The minimum atomic E-state index is -1.33. The summed E-state index contributed by atoms with van der Waals surface area (Å²) in [7, 11) is -1.33. The van der Waals surface area contributed by atoms with Crippen molar-refractivity contribution in [1.29, 1.82) is 5.26 Å². The number of hydrogen-bond acceptors (Lipinski definition) is 4. The van der Waals surface area contributed by atoms with Crippen molar-refractivity contribution < 1.29 is 0 Å². The van der Waals surface area contributed by atoms with Crippen molar-refractivity contribution in [2.75, 3.05) is 19.6 Å². The van der Waals surface area contributed by atoms with Crippen molar-refractivity contribution in [2.24, 2.45) is 10.7 Å². The first-order valence-electron chi connectivity index (χ1n) is 6.00. The van der Waals surface area contributed by atoms with Gasteiger partial charge < -0.3 is 5.32 Å². The molecule has 2 heterocycles. The van der Waals surface area contributed by atoms with E-state index in [1.54, 1.807) is 0 Å². The monoisotopic (exact) mass is 402 g/mol. The molecular formula is C11H26N4Se2Si. The minimum absolute atomic E-state index is 0. The van der Waals surface area contributed by atoms with E-state index in [1.807, 2.05) is 19.6 Å². The molecule has 0 saturated carbocycles. The molecule has 2 aliphatic heterocycles. The SMILES string of the molecule is C1CNC1.C[Si](C)(C)C#N.NC1=NCCC[Se]1.[SeH2]. The van der Waals surface area contributed by atoms with Gasteiger partial charge in [0.15, 0.2) is 8.07 Å². The van der Waals surface area contributed by atoms with Crippen LogP contribution in [0.1, 0.15) is 12.8 Å². The van der Waals surface area contributed by atoms with E-state index in [4.69, 9.17) is 11.0 Å². The zero-order valence-corrected chi connectivity index (χ0v) is 16.4. The second kappa shape index (κ2) is 12.2. The molecule has 2 aliphatic rings. The molecule has 2 rings (SSSR count). The molecule has 1 saturated heterocycles. The van der Waals surface area contributed by atoms with Crippen molar-refractivity contribution in [3.63, 3.8) is 0 Å². The summed E-state index contributed by atoms with van der Waals surface area (Å²) in [5, 5.41) is 12.6. The topological polar surface area (TPSA) is 74.2 Å². The van der Waals surface area contributed by atoms with Gasteiger partial charge in [0.25, 0.3) is 0 Å². The third-order valence-electron chi connectivity index (χ3n) is 1.86. The maximum atomic E-state index is 8.21. The van der Waals surface area contributed by atoms with E-state index in [1.165, 1.54) is 31.3 Å². The third kappa shape index (κ3) is 16.2. The van der Waals surface area contributed by atoms with Gasteiger partial charge in [0.1, 0.15) is 0 Å². The molecule has 0 aliphatic carbocycles. The van der Waals surface area contributed by atoms with Crippen LogP contribution in [0.25, 0.3) is 0 Å². The fourth-order valence-corrected chi connectivity index (χ4v) is 2.05. The molecule has 0 radical (unpaired) electrons. The average Bonchev–Trinajstić information content (AvgIpc) is 2.16. The molecule has 0 unspecified atom stereocenters. The van der Waals surface area contributed by atoms with Crippen LogP contribution in [0.3, 0.4) is 0 Å². The van der Waals surface area contributed by atoms with E-state index < -0.39 is 8.07 Å². The Morgan fingerprint density at radius 2 is 1.78 bits per heavy atom. The van der Waals surface area contributed by atoms with Crippen LogP contribution in [0.2, 0.25) is 25.0 Å². The first-order valence-corrected chi connectivity index (χ1v) is 11.6. The summed E-state index contributed by atoms with van der Waals surface area (Å²) in [5.41, 5.74) is 7.66. The molecule has 0 spiro atoms. The van der Waals surface area contributed by atoms with Crippen molar-refractivity contribution in [2.45, 2.75) is 37.8 Å². The predicted octanol–water partition coefficient (Wildman–Crippen LogP) is 0.278. The van der Waals surface area contributed by atoms with Gasteiger partial charge in [-0.15, -0.1) is 0 Å². The summed E-state index contributed by atoms with van der Waals surface area (Å²) in [4.78, 5) is 4.05. The van der Waals surface area contributed by atoms with Crippen LogP contribution in [0.15, 0.2) is 4.99 Å². The number of amidine groups is 1. The van der Waals surface area contributed by atoms with Crippen molar-refractivity contribution >= 4 is 44.8 Å². The van der Waals surface area contributed by atoms with Crippen LogP contribution >= 0.6 is 0 Å². The molecule has 4 nitrogen and oxygen atoms in total. The van der Waals surface area contributed by atoms with E-state index >= 15 is 0 Å². The maximum absolute atomic E-state index is 8.21. The van der Waals surface area contributed by atoms with E-state index in [0.29, 0.717) is 15.0 Å². The van der Waals surface area contributed by atoms with E-state index in [9.17, 15) is 0 Å². The molecule has 0 bridgehead atoms. The number of aliphatic imine (C=N–C) groups is 1. The van der Waals surface area contributed by atoms with Crippen LogP contribution in [-0.2, 0) is 0 Å².